The Kier molecular flexibility index (Phi) is 3.73. The highest BCUT2D eigenvalue weighted by molar-refractivity contribution is 6.19. The minimum absolute atomic E-state index is 0.165. The van der Waals surface area contributed by atoms with Gasteiger partial charge >= 0.3 is 5.97 Å². The molecular formula is C18H15ClO5. The van der Waals surface area contributed by atoms with Crippen LogP contribution in [0.2, 0.25) is 0 Å². The highest BCUT2D eigenvalue weighted by atomic mass is 35.5. The Labute approximate surface area is 144 Å². The van der Waals surface area contributed by atoms with Crippen molar-refractivity contribution in [2.24, 2.45) is 5.92 Å². The van der Waals surface area contributed by atoms with E-state index in [-0.39, 0.29) is 24.6 Å². The van der Waals surface area contributed by atoms with Gasteiger partial charge in [0.25, 0.3) is 0 Å². The first-order chi connectivity index (χ1) is 11.7. The second-order valence-electron chi connectivity index (χ2n) is 5.68. The Morgan fingerprint density at radius 3 is 2.50 bits per heavy atom. The van der Waals surface area contributed by atoms with Crippen molar-refractivity contribution in [3.05, 3.63) is 47.5 Å². The molecule has 0 bridgehead atoms. The summed E-state index contributed by atoms with van der Waals surface area (Å²) in [7, 11) is 1.62. The van der Waals surface area contributed by atoms with E-state index in [1.165, 1.54) is 0 Å². The van der Waals surface area contributed by atoms with Crippen LogP contribution in [0.15, 0.2) is 36.4 Å². The van der Waals surface area contributed by atoms with E-state index in [0.717, 1.165) is 16.9 Å². The van der Waals surface area contributed by atoms with Crippen LogP contribution in [0.4, 0.5) is 0 Å². The van der Waals surface area contributed by atoms with E-state index in [9.17, 15) is 4.79 Å². The van der Waals surface area contributed by atoms with Gasteiger partial charge in [0, 0.05) is 23.4 Å². The van der Waals surface area contributed by atoms with Gasteiger partial charge in [0.05, 0.1) is 13.0 Å². The van der Waals surface area contributed by atoms with Gasteiger partial charge in [-0.1, -0.05) is 12.1 Å². The first-order valence-corrected chi connectivity index (χ1v) is 8.10. The van der Waals surface area contributed by atoms with Crippen LogP contribution in [0.5, 0.6) is 23.0 Å². The summed E-state index contributed by atoms with van der Waals surface area (Å²) in [5.41, 5.74) is 1.84. The zero-order valence-electron chi connectivity index (χ0n) is 13.0. The standard InChI is InChI=1S/C18H15ClO5/c1-21-11-4-2-10(3-5-11)17-12-6-15-16(23-9-22-15)7-14(12)24-18(20)13(17)8-19/h2-7,13,17H,8-9H2,1H3/t13-,17+/m0/s1. The van der Waals surface area contributed by atoms with Crippen LogP contribution in [0.25, 0.3) is 0 Å². The van der Waals surface area contributed by atoms with Gasteiger partial charge in [-0.05, 0) is 23.8 Å². The molecule has 0 spiro atoms. The first-order valence-electron chi connectivity index (χ1n) is 7.56. The van der Waals surface area contributed by atoms with Crippen LogP contribution >= 0.6 is 11.6 Å². The second kappa shape index (κ2) is 5.91. The quantitative estimate of drug-likeness (QED) is 0.485. The third-order valence-corrected chi connectivity index (χ3v) is 4.73. The van der Waals surface area contributed by atoms with Gasteiger partial charge in [-0.25, -0.2) is 0 Å². The predicted octanol–water partition coefficient (Wildman–Crippen LogP) is 3.33. The summed E-state index contributed by atoms with van der Waals surface area (Å²) < 4.78 is 21.5. The number of ether oxygens (including phenoxy) is 4. The molecule has 6 heteroatoms. The number of fused-ring (bicyclic) bond motifs is 2. The normalized spacial score (nSPS) is 21.2. The molecule has 2 aliphatic heterocycles. The van der Waals surface area contributed by atoms with E-state index in [1.54, 1.807) is 13.2 Å². The fourth-order valence-electron chi connectivity index (χ4n) is 3.18. The molecule has 2 atom stereocenters. The van der Waals surface area contributed by atoms with Crippen molar-refractivity contribution in [2.75, 3.05) is 19.8 Å². The maximum atomic E-state index is 12.4. The Balaban J connectivity index is 1.84. The van der Waals surface area contributed by atoms with E-state index in [2.05, 4.69) is 0 Å². The number of benzene rings is 2. The average Bonchev–Trinajstić information content (AvgIpc) is 3.06. The van der Waals surface area contributed by atoms with Gasteiger partial charge < -0.3 is 18.9 Å². The van der Waals surface area contributed by atoms with E-state index in [1.807, 2.05) is 30.3 Å². The number of esters is 1. The number of carbonyl (C=O) groups is 1. The average molecular weight is 347 g/mol. The lowest BCUT2D eigenvalue weighted by atomic mass is 9.79. The van der Waals surface area contributed by atoms with Gasteiger partial charge in [-0.15, -0.1) is 11.6 Å². The van der Waals surface area contributed by atoms with Gasteiger partial charge in [0.15, 0.2) is 11.5 Å². The summed E-state index contributed by atoms with van der Waals surface area (Å²) in [6.45, 7) is 0.165. The molecule has 0 aromatic heterocycles. The van der Waals surface area contributed by atoms with Crippen LogP contribution < -0.4 is 18.9 Å². The summed E-state index contributed by atoms with van der Waals surface area (Å²) in [6, 6.07) is 11.2. The maximum absolute atomic E-state index is 12.4. The number of methoxy groups -OCH3 is 1. The van der Waals surface area contributed by atoms with E-state index < -0.39 is 5.92 Å². The molecule has 0 aliphatic carbocycles. The summed E-state index contributed by atoms with van der Waals surface area (Å²) in [5, 5.41) is 0. The molecular weight excluding hydrogens is 332 g/mol. The fourth-order valence-corrected chi connectivity index (χ4v) is 3.49. The summed E-state index contributed by atoms with van der Waals surface area (Å²) >= 11 is 6.08. The Hall–Kier alpha value is -2.40. The Bertz CT molecular complexity index is 787. The van der Waals surface area contributed by atoms with Crippen LogP contribution in [0.3, 0.4) is 0 Å². The second-order valence-corrected chi connectivity index (χ2v) is 5.98. The van der Waals surface area contributed by atoms with Crippen LogP contribution in [-0.2, 0) is 4.79 Å². The van der Waals surface area contributed by atoms with Crippen molar-refractivity contribution in [2.45, 2.75) is 5.92 Å². The highest BCUT2D eigenvalue weighted by Gasteiger charge is 2.39. The highest BCUT2D eigenvalue weighted by Crippen LogP contribution is 2.48. The molecule has 2 aliphatic rings. The van der Waals surface area contributed by atoms with Gasteiger partial charge in [0.1, 0.15) is 11.5 Å². The minimum atomic E-state index is -0.465. The number of carbonyl (C=O) groups excluding carboxylic acids is 1. The first kappa shape index (κ1) is 15.1. The Morgan fingerprint density at radius 1 is 1.12 bits per heavy atom. The lowest BCUT2D eigenvalue weighted by Gasteiger charge is -2.31. The summed E-state index contributed by atoms with van der Waals surface area (Å²) in [4.78, 5) is 12.4. The van der Waals surface area contributed by atoms with Crippen molar-refractivity contribution in [3.63, 3.8) is 0 Å². The van der Waals surface area contributed by atoms with E-state index >= 15 is 0 Å². The molecule has 5 nitrogen and oxygen atoms in total. The fraction of sp³-hybridized carbons (Fsp3) is 0.278. The summed E-state index contributed by atoms with van der Waals surface area (Å²) in [5.74, 6) is 1.64. The molecule has 24 heavy (non-hydrogen) atoms. The van der Waals surface area contributed by atoms with Gasteiger partial charge in [0.2, 0.25) is 6.79 Å². The monoisotopic (exact) mass is 346 g/mol. The third-order valence-electron chi connectivity index (χ3n) is 4.40. The van der Waals surface area contributed by atoms with Crippen LogP contribution in [-0.4, -0.2) is 25.8 Å². The molecule has 4 rings (SSSR count). The van der Waals surface area contributed by atoms with Crippen molar-refractivity contribution in [1.82, 2.24) is 0 Å². The molecule has 124 valence electrons. The number of rotatable bonds is 3. The van der Waals surface area contributed by atoms with E-state index in [0.29, 0.717) is 17.2 Å². The molecule has 0 N–H and O–H groups in total. The number of hydrogen-bond donors (Lipinski definition) is 0. The molecule has 2 aromatic carbocycles. The van der Waals surface area contributed by atoms with E-state index in [4.69, 9.17) is 30.5 Å². The molecule has 2 aromatic rings. The smallest absolute Gasteiger partial charge is 0.316 e. The number of hydrogen-bond acceptors (Lipinski definition) is 5. The summed E-state index contributed by atoms with van der Waals surface area (Å²) in [6.07, 6.45) is 0. The zero-order chi connectivity index (χ0) is 16.7. The predicted molar refractivity (Wildman–Crippen MR) is 87.2 cm³/mol. The molecule has 0 amide bonds. The molecule has 0 radical (unpaired) electrons. The molecule has 0 fully saturated rings. The molecule has 2 heterocycles. The van der Waals surface area contributed by atoms with Gasteiger partial charge in [-0.3, -0.25) is 4.79 Å². The molecule has 0 saturated carbocycles. The third kappa shape index (κ3) is 2.36. The maximum Gasteiger partial charge on any atom is 0.316 e. The number of halogens is 1. The number of alkyl halides is 1. The van der Waals surface area contributed by atoms with Crippen molar-refractivity contribution in [1.29, 1.82) is 0 Å². The SMILES string of the molecule is COc1ccc([C@@H]2c3cc4c(cc3OC(=O)[C@H]2CCl)OCO4)cc1. The molecule has 0 unspecified atom stereocenters. The lowest BCUT2D eigenvalue weighted by Crippen LogP contribution is -2.33. The minimum Gasteiger partial charge on any atom is -0.497 e. The Morgan fingerprint density at radius 2 is 1.83 bits per heavy atom. The van der Waals surface area contributed by atoms with Gasteiger partial charge in [-0.2, -0.15) is 0 Å². The molecule has 0 saturated heterocycles. The van der Waals surface area contributed by atoms with Crippen LogP contribution in [0.1, 0.15) is 17.0 Å². The largest absolute Gasteiger partial charge is 0.497 e. The van der Waals surface area contributed by atoms with Crippen molar-refractivity contribution < 1.29 is 23.7 Å². The zero-order valence-corrected chi connectivity index (χ0v) is 13.7. The lowest BCUT2D eigenvalue weighted by molar-refractivity contribution is -0.139. The van der Waals surface area contributed by atoms with Crippen molar-refractivity contribution in [3.8, 4) is 23.0 Å². The van der Waals surface area contributed by atoms with Crippen LogP contribution in [0, 0.1) is 5.92 Å². The topological polar surface area (TPSA) is 54.0 Å². The van der Waals surface area contributed by atoms with Crippen molar-refractivity contribution >= 4 is 17.6 Å².